The van der Waals surface area contributed by atoms with Crippen molar-refractivity contribution < 1.29 is 0 Å². The van der Waals surface area contributed by atoms with Gasteiger partial charge < -0.3 is 4.90 Å². The minimum absolute atomic E-state index is 0.903. The molecule has 0 saturated carbocycles. The lowest BCUT2D eigenvalue weighted by atomic mass is 9.95. The molecule has 82 valence electrons. The van der Waals surface area contributed by atoms with Crippen LogP contribution in [0, 0.1) is 12.8 Å². The van der Waals surface area contributed by atoms with E-state index in [-0.39, 0.29) is 0 Å². The third-order valence-corrected chi connectivity index (χ3v) is 3.50. The van der Waals surface area contributed by atoms with Crippen LogP contribution in [0.4, 0.5) is 5.69 Å². The van der Waals surface area contributed by atoms with Gasteiger partial charge in [0.2, 0.25) is 0 Å². The van der Waals surface area contributed by atoms with Gasteiger partial charge in [-0.25, -0.2) is 0 Å². The zero-order valence-electron chi connectivity index (χ0n) is 9.87. The Morgan fingerprint density at radius 1 is 1.27 bits per heavy atom. The van der Waals surface area contributed by atoms with E-state index in [4.69, 9.17) is 0 Å². The maximum Gasteiger partial charge on any atom is 0.0366 e. The lowest BCUT2D eigenvalue weighted by Crippen LogP contribution is -2.35. The monoisotopic (exact) mass is 203 g/mol. The summed E-state index contributed by atoms with van der Waals surface area (Å²) in [6.07, 6.45) is 4.09. The molecule has 0 aliphatic carbocycles. The molecule has 0 bridgehead atoms. The van der Waals surface area contributed by atoms with Crippen LogP contribution >= 0.6 is 0 Å². The second-order valence-corrected chi connectivity index (χ2v) is 4.70. The Kier molecular flexibility index (Phi) is 3.30. The zero-order chi connectivity index (χ0) is 10.7. The summed E-state index contributed by atoms with van der Waals surface area (Å²) in [5.74, 6) is 0.903. The molecule has 1 heteroatoms. The average molecular weight is 203 g/mol. The smallest absolute Gasteiger partial charge is 0.0366 e. The van der Waals surface area contributed by atoms with Crippen molar-refractivity contribution in [1.29, 1.82) is 0 Å². The van der Waals surface area contributed by atoms with E-state index in [1.807, 2.05) is 0 Å². The third-order valence-electron chi connectivity index (χ3n) is 3.50. The fraction of sp³-hybridized carbons (Fsp3) is 0.571. The molecule has 1 fully saturated rings. The van der Waals surface area contributed by atoms with Gasteiger partial charge in [-0.05, 0) is 37.8 Å². The van der Waals surface area contributed by atoms with Crippen molar-refractivity contribution in [2.45, 2.75) is 33.1 Å². The van der Waals surface area contributed by atoms with Crippen LogP contribution < -0.4 is 4.90 Å². The van der Waals surface area contributed by atoms with Crippen molar-refractivity contribution in [2.75, 3.05) is 18.0 Å². The van der Waals surface area contributed by atoms with Gasteiger partial charge in [0.15, 0.2) is 0 Å². The lowest BCUT2D eigenvalue weighted by molar-refractivity contribution is 0.405. The van der Waals surface area contributed by atoms with E-state index in [0.717, 1.165) is 5.92 Å². The highest BCUT2D eigenvalue weighted by Crippen LogP contribution is 2.24. The first-order chi connectivity index (χ1) is 7.29. The van der Waals surface area contributed by atoms with Crippen LogP contribution in [-0.4, -0.2) is 13.1 Å². The van der Waals surface area contributed by atoms with Gasteiger partial charge in [-0.1, -0.05) is 31.0 Å². The molecule has 1 nitrogen and oxygen atoms in total. The fourth-order valence-electron chi connectivity index (χ4n) is 2.39. The molecular formula is C14H21N. The summed E-state index contributed by atoms with van der Waals surface area (Å²) in [5.41, 5.74) is 2.75. The maximum atomic E-state index is 2.54. The maximum absolute atomic E-state index is 2.54. The summed E-state index contributed by atoms with van der Waals surface area (Å²) < 4.78 is 0. The number of benzene rings is 1. The molecule has 15 heavy (non-hydrogen) atoms. The first-order valence-corrected chi connectivity index (χ1v) is 6.11. The van der Waals surface area contributed by atoms with Gasteiger partial charge in [0.05, 0.1) is 0 Å². The average Bonchev–Trinajstić information content (AvgIpc) is 2.30. The summed E-state index contributed by atoms with van der Waals surface area (Å²) in [6.45, 7) is 6.94. The Balaban J connectivity index is 2.06. The molecule has 1 aromatic carbocycles. The van der Waals surface area contributed by atoms with E-state index >= 15 is 0 Å². The highest BCUT2D eigenvalue weighted by molar-refractivity contribution is 5.47. The van der Waals surface area contributed by atoms with Crippen molar-refractivity contribution in [2.24, 2.45) is 5.92 Å². The lowest BCUT2D eigenvalue weighted by Gasteiger charge is -2.34. The number of nitrogens with zero attached hydrogens (tertiary/aromatic N) is 1. The zero-order valence-corrected chi connectivity index (χ0v) is 9.87. The number of anilines is 1. The summed E-state index contributed by atoms with van der Waals surface area (Å²) >= 11 is 0. The Morgan fingerprint density at radius 2 is 2.00 bits per heavy atom. The summed E-state index contributed by atoms with van der Waals surface area (Å²) in [5, 5.41) is 0. The van der Waals surface area contributed by atoms with E-state index in [2.05, 4.69) is 43.0 Å². The number of hydrogen-bond acceptors (Lipinski definition) is 1. The summed E-state index contributed by atoms with van der Waals surface area (Å²) in [6, 6.07) is 8.94. The van der Waals surface area contributed by atoms with Gasteiger partial charge in [-0.15, -0.1) is 0 Å². The first-order valence-electron chi connectivity index (χ1n) is 6.11. The molecule has 1 heterocycles. The molecule has 1 atom stereocenters. The normalized spacial score (nSPS) is 21.7. The van der Waals surface area contributed by atoms with Crippen molar-refractivity contribution >= 4 is 5.69 Å². The summed E-state index contributed by atoms with van der Waals surface area (Å²) in [4.78, 5) is 2.54. The predicted molar refractivity (Wildman–Crippen MR) is 66.4 cm³/mol. The molecule has 0 amide bonds. The second-order valence-electron chi connectivity index (χ2n) is 4.70. The largest absolute Gasteiger partial charge is 0.371 e. The van der Waals surface area contributed by atoms with Gasteiger partial charge >= 0.3 is 0 Å². The van der Waals surface area contributed by atoms with Gasteiger partial charge in [0.1, 0.15) is 0 Å². The SMILES string of the molecule is CCC1CCCN(c2ccc(C)cc2)C1. The number of piperidine rings is 1. The van der Waals surface area contributed by atoms with Crippen LogP contribution in [0.5, 0.6) is 0 Å². The molecular weight excluding hydrogens is 182 g/mol. The molecule has 1 aliphatic rings. The van der Waals surface area contributed by atoms with Crippen LogP contribution in [0.3, 0.4) is 0 Å². The van der Waals surface area contributed by atoms with Gasteiger partial charge in [0, 0.05) is 18.8 Å². The first kappa shape index (κ1) is 10.5. The molecule has 0 aromatic heterocycles. The Hall–Kier alpha value is -0.980. The van der Waals surface area contributed by atoms with Crippen LogP contribution in [0.1, 0.15) is 31.7 Å². The Morgan fingerprint density at radius 3 is 2.67 bits per heavy atom. The highest BCUT2D eigenvalue weighted by Gasteiger charge is 2.18. The number of rotatable bonds is 2. The van der Waals surface area contributed by atoms with E-state index in [1.165, 1.54) is 43.6 Å². The van der Waals surface area contributed by atoms with Gasteiger partial charge in [0.25, 0.3) is 0 Å². The molecule has 0 radical (unpaired) electrons. The molecule has 1 unspecified atom stereocenters. The van der Waals surface area contributed by atoms with Crippen molar-refractivity contribution in [3.63, 3.8) is 0 Å². The topological polar surface area (TPSA) is 3.24 Å². The van der Waals surface area contributed by atoms with Crippen molar-refractivity contribution in [3.8, 4) is 0 Å². The minimum Gasteiger partial charge on any atom is -0.371 e. The third kappa shape index (κ3) is 2.53. The van der Waals surface area contributed by atoms with Crippen molar-refractivity contribution in [3.05, 3.63) is 29.8 Å². The highest BCUT2D eigenvalue weighted by atomic mass is 15.1. The Labute approximate surface area is 93.1 Å². The van der Waals surface area contributed by atoms with E-state index in [1.54, 1.807) is 0 Å². The standard InChI is InChI=1S/C14H21N/c1-3-13-5-4-10-15(11-13)14-8-6-12(2)7-9-14/h6-9,13H,3-5,10-11H2,1-2H3. The number of aryl methyl sites for hydroxylation is 1. The molecule has 2 rings (SSSR count). The molecule has 1 saturated heterocycles. The molecule has 0 N–H and O–H groups in total. The second kappa shape index (κ2) is 4.69. The fourth-order valence-corrected chi connectivity index (χ4v) is 2.39. The van der Waals surface area contributed by atoms with E-state index < -0.39 is 0 Å². The van der Waals surface area contributed by atoms with E-state index in [9.17, 15) is 0 Å². The van der Waals surface area contributed by atoms with Gasteiger partial charge in [-0.3, -0.25) is 0 Å². The van der Waals surface area contributed by atoms with Crippen LogP contribution in [0.15, 0.2) is 24.3 Å². The van der Waals surface area contributed by atoms with Crippen LogP contribution in [0.2, 0.25) is 0 Å². The minimum atomic E-state index is 0.903. The predicted octanol–water partition coefficient (Wildman–Crippen LogP) is 3.62. The molecule has 1 aromatic rings. The van der Waals surface area contributed by atoms with Crippen molar-refractivity contribution in [1.82, 2.24) is 0 Å². The van der Waals surface area contributed by atoms with Gasteiger partial charge in [-0.2, -0.15) is 0 Å². The van der Waals surface area contributed by atoms with Crippen LogP contribution in [0.25, 0.3) is 0 Å². The van der Waals surface area contributed by atoms with Crippen LogP contribution in [-0.2, 0) is 0 Å². The Bertz CT molecular complexity index is 302. The summed E-state index contributed by atoms with van der Waals surface area (Å²) in [7, 11) is 0. The van der Waals surface area contributed by atoms with E-state index in [0.29, 0.717) is 0 Å². The number of hydrogen-bond donors (Lipinski definition) is 0. The molecule has 1 aliphatic heterocycles. The molecule has 0 spiro atoms. The quantitative estimate of drug-likeness (QED) is 0.709.